The fourth-order valence-electron chi connectivity index (χ4n) is 10.9. The Morgan fingerprint density at radius 1 is 0.889 bits per heavy atom. The van der Waals surface area contributed by atoms with E-state index in [9.17, 15) is 14.7 Å². The highest BCUT2D eigenvalue weighted by molar-refractivity contribution is 5.77. The summed E-state index contributed by atoms with van der Waals surface area (Å²) >= 11 is 0. The number of carbonyl (C=O) groups excluding carboxylic acids is 1. The summed E-state index contributed by atoms with van der Waals surface area (Å²) in [5, 5.41) is 10.5. The smallest absolute Gasteiger partial charge is 0.313 e. The highest BCUT2D eigenvalue weighted by atomic mass is 16.5. The zero-order valence-electron chi connectivity index (χ0n) is 24.1. The molecule has 0 aliphatic heterocycles. The van der Waals surface area contributed by atoms with Crippen molar-refractivity contribution < 1.29 is 19.4 Å². The number of esters is 1. The van der Waals surface area contributed by atoms with Gasteiger partial charge in [-0.3, -0.25) is 9.59 Å². The van der Waals surface area contributed by atoms with Crippen molar-refractivity contribution in [1.82, 2.24) is 0 Å². The number of rotatable bonds is 2. The van der Waals surface area contributed by atoms with Crippen molar-refractivity contribution in [3.8, 4) is 0 Å². The summed E-state index contributed by atoms with van der Waals surface area (Å²) in [6.07, 6.45) is 13.3. The minimum absolute atomic E-state index is 0.0136. The molecule has 0 bridgehead atoms. The SMILES string of the molecule is CC(=O)O[C@@H]1CC[C@@]2(C)[C@H]3CC=C4[C@@H]5CC(C)(C)CC[C@]5(C)CC[C@@]4(C)[C@]3(C)CC[C@@H]2[C@@]1(C)C(=O)O. The minimum Gasteiger partial charge on any atom is -0.481 e. The molecule has 0 aromatic carbocycles. The molecule has 4 nitrogen and oxygen atoms in total. The number of carboxylic acids is 1. The Hall–Kier alpha value is -1.32. The summed E-state index contributed by atoms with van der Waals surface area (Å²) in [5.41, 5.74) is 1.81. The van der Waals surface area contributed by atoms with E-state index in [4.69, 9.17) is 4.74 Å². The van der Waals surface area contributed by atoms with Crippen LogP contribution < -0.4 is 0 Å². The monoisotopic (exact) mass is 498 g/mol. The van der Waals surface area contributed by atoms with Gasteiger partial charge in [0.2, 0.25) is 0 Å². The first kappa shape index (κ1) is 26.3. The molecule has 5 aliphatic carbocycles. The maximum Gasteiger partial charge on any atom is 0.313 e. The Bertz CT molecular complexity index is 996. The summed E-state index contributed by atoms with van der Waals surface area (Å²) in [5.74, 6) is -0.0260. The van der Waals surface area contributed by atoms with Gasteiger partial charge in [-0.2, -0.15) is 0 Å². The first-order chi connectivity index (χ1) is 16.5. The molecule has 0 aromatic heterocycles. The summed E-state index contributed by atoms with van der Waals surface area (Å²) < 4.78 is 5.69. The van der Waals surface area contributed by atoms with E-state index in [0.29, 0.717) is 29.1 Å². The summed E-state index contributed by atoms with van der Waals surface area (Å²) in [4.78, 5) is 24.8. The number of carboxylic acid groups (broad SMARTS) is 1. The first-order valence-corrected chi connectivity index (χ1v) is 14.6. The van der Waals surface area contributed by atoms with Crippen molar-refractivity contribution >= 4 is 11.9 Å². The lowest BCUT2D eigenvalue weighted by Gasteiger charge is -2.71. The third kappa shape index (κ3) is 3.30. The van der Waals surface area contributed by atoms with Crippen molar-refractivity contribution in [1.29, 1.82) is 0 Å². The normalized spacial score (nSPS) is 51.5. The number of hydrogen-bond acceptors (Lipinski definition) is 3. The molecule has 0 unspecified atom stereocenters. The van der Waals surface area contributed by atoms with Gasteiger partial charge < -0.3 is 9.84 Å². The number of ether oxygens (including phenoxy) is 1. The standard InChI is InChI=1S/C32H50O4/c1-20(33)36-25-12-13-29(5)23-10-9-21-22-19-27(2,3)15-16-28(22,4)17-18-30(21,6)31(23,7)14-11-24(29)32(25,8)26(34)35/h9,22-25H,10-19H2,1-8H3,(H,34,35)/t22-,23+,24-,25+,28+,29-,30+,31+,32+/m0/s1. The molecule has 0 heterocycles. The average Bonchev–Trinajstić information content (AvgIpc) is 2.77. The molecular weight excluding hydrogens is 448 g/mol. The molecule has 1 N–H and O–H groups in total. The van der Waals surface area contributed by atoms with Crippen LogP contribution in [0.1, 0.15) is 120 Å². The van der Waals surface area contributed by atoms with E-state index in [0.717, 1.165) is 25.7 Å². The van der Waals surface area contributed by atoms with Crippen molar-refractivity contribution in [2.75, 3.05) is 0 Å². The van der Waals surface area contributed by atoms with E-state index in [2.05, 4.69) is 47.6 Å². The molecule has 0 spiro atoms. The van der Waals surface area contributed by atoms with Gasteiger partial charge in [0.1, 0.15) is 11.5 Å². The molecule has 4 saturated carbocycles. The second-order valence-corrected chi connectivity index (χ2v) is 15.6. The summed E-state index contributed by atoms with van der Waals surface area (Å²) in [7, 11) is 0. The number of aliphatic carboxylic acids is 1. The molecule has 5 rings (SSSR count). The maximum atomic E-state index is 12.8. The average molecular weight is 499 g/mol. The van der Waals surface area contributed by atoms with Crippen LogP contribution in [0.15, 0.2) is 11.6 Å². The van der Waals surface area contributed by atoms with Gasteiger partial charge >= 0.3 is 11.9 Å². The fraction of sp³-hybridized carbons (Fsp3) is 0.875. The van der Waals surface area contributed by atoms with Gasteiger partial charge in [-0.15, -0.1) is 0 Å². The second-order valence-electron chi connectivity index (χ2n) is 15.6. The molecule has 9 atom stereocenters. The molecule has 4 heteroatoms. The predicted octanol–water partition coefficient (Wildman–Crippen LogP) is 7.80. The Morgan fingerprint density at radius 2 is 1.56 bits per heavy atom. The van der Waals surface area contributed by atoms with Gasteiger partial charge in [-0.05, 0) is 116 Å². The van der Waals surface area contributed by atoms with Crippen LogP contribution in [0.4, 0.5) is 0 Å². The number of hydrogen-bond donors (Lipinski definition) is 1. The number of carbonyl (C=O) groups is 2. The van der Waals surface area contributed by atoms with Crippen LogP contribution in [-0.2, 0) is 14.3 Å². The summed E-state index contributed by atoms with van der Waals surface area (Å²) in [6, 6.07) is 0. The van der Waals surface area contributed by atoms with Gasteiger partial charge in [0.15, 0.2) is 0 Å². The lowest BCUT2D eigenvalue weighted by atomic mass is 9.33. The molecule has 0 amide bonds. The van der Waals surface area contributed by atoms with Crippen LogP contribution in [0, 0.1) is 50.2 Å². The highest BCUT2D eigenvalue weighted by Gasteiger charge is 2.70. The second kappa shape index (κ2) is 7.85. The van der Waals surface area contributed by atoms with Crippen LogP contribution in [-0.4, -0.2) is 23.1 Å². The van der Waals surface area contributed by atoms with E-state index in [1.807, 2.05) is 6.92 Å². The van der Waals surface area contributed by atoms with E-state index in [-0.39, 0.29) is 28.1 Å². The Labute approximate surface area is 219 Å². The van der Waals surface area contributed by atoms with Crippen molar-refractivity contribution in [2.45, 2.75) is 126 Å². The Balaban J connectivity index is 1.56. The van der Waals surface area contributed by atoms with Crippen LogP contribution in [0.5, 0.6) is 0 Å². The van der Waals surface area contributed by atoms with Gasteiger partial charge in [0, 0.05) is 6.92 Å². The molecular formula is C32H50O4. The Morgan fingerprint density at radius 3 is 2.19 bits per heavy atom. The van der Waals surface area contributed by atoms with Crippen molar-refractivity contribution in [2.24, 2.45) is 50.2 Å². The minimum atomic E-state index is -1.04. The zero-order chi connectivity index (χ0) is 26.5. The van der Waals surface area contributed by atoms with Crippen molar-refractivity contribution in [3.63, 3.8) is 0 Å². The van der Waals surface area contributed by atoms with Gasteiger partial charge in [0.05, 0.1) is 0 Å². The van der Waals surface area contributed by atoms with Crippen molar-refractivity contribution in [3.05, 3.63) is 11.6 Å². The van der Waals surface area contributed by atoms with Crippen LogP contribution in [0.25, 0.3) is 0 Å². The molecule has 36 heavy (non-hydrogen) atoms. The van der Waals surface area contributed by atoms with Crippen LogP contribution in [0.3, 0.4) is 0 Å². The lowest BCUT2D eigenvalue weighted by Crippen LogP contribution is -2.66. The number of fused-ring (bicyclic) bond motifs is 7. The van der Waals surface area contributed by atoms with Gasteiger partial charge in [0.25, 0.3) is 0 Å². The first-order valence-electron chi connectivity index (χ1n) is 14.6. The molecule has 0 radical (unpaired) electrons. The van der Waals surface area contributed by atoms with Gasteiger partial charge in [-0.25, -0.2) is 0 Å². The quantitative estimate of drug-likeness (QED) is 0.311. The third-order valence-corrected chi connectivity index (χ3v) is 13.4. The summed E-state index contributed by atoms with van der Waals surface area (Å²) in [6.45, 7) is 18.3. The predicted molar refractivity (Wildman–Crippen MR) is 142 cm³/mol. The lowest BCUT2D eigenvalue weighted by molar-refractivity contribution is -0.222. The molecule has 5 aliphatic rings. The van der Waals surface area contributed by atoms with Gasteiger partial charge in [-0.1, -0.05) is 53.2 Å². The molecule has 202 valence electrons. The highest BCUT2D eigenvalue weighted by Crippen LogP contribution is 2.75. The van der Waals surface area contributed by atoms with E-state index in [1.54, 1.807) is 5.57 Å². The van der Waals surface area contributed by atoms with E-state index in [1.165, 1.54) is 39.0 Å². The molecule has 0 saturated heterocycles. The van der Waals surface area contributed by atoms with Crippen LogP contribution >= 0.6 is 0 Å². The fourth-order valence-corrected chi connectivity index (χ4v) is 10.9. The van der Waals surface area contributed by atoms with E-state index < -0.39 is 17.5 Å². The maximum absolute atomic E-state index is 12.8. The molecule has 0 aromatic rings. The molecule has 4 fully saturated rings. The van der Waals surface area contributed by atoms with E-state index >= 15 is 0 Å². The zero-order valence-corrected chi connectivity index (χ0v) is 24.1. The topological polar surface area (TPSA) is 63.6 Å². The van der Waals surface area contributed by atoms with Crippen LogP contribution in [0.2, 0.25) is 0 Å². The Kier molecular flexibility index (Phi) is 5.74. The largest absolute Gasteiger partial charge is 0.481 e. The number of allylic oxidation sites excluding steroid dienone is 2. The third-order valence-electron chi connectivity index (χ3n) is 13.4.